The van der Waals surface area contributed by atoms with Crippen LogP contribution in [-0.2, 0) is 13.2 Å². The summed E-state index contributed by atoms with van der Waals surface area (Å²) in [5.41, 5.74) is 2.07. The summed E-state index contributed by atoms with van der Waals surface area (Å²) < 4.78 is 13.2. The highest BCUT2D eigenvalue weighted by molar-refractivity contribution is 6.32. The molecular formula is C20H22ClN3O3. The molecule has 1 N–H and O–H groups in total. The Balaban J connectivity index is 1.46. The lowest BCUT2D eigenvalue weighted by molar-refractivity contribution is 0.0920. The van der Waals surface area contributed by atoms with Gasteiger partial charge in [0.2, 0.25) is 0 Å². The molecular weight excluding hydrogens is 366 g/mol. The third-order valence-corrected chi connectivity index (χ3v) is 4.32. The molecule has 0 fully saturated rings. The number of rotatable bonds is 8. The maximum atomic E-state index is 12.2. The highest BCUT2D eigenvalue weighted by Gasteiger charge is 2.12. The van der Waals surface area contributed by atoms with Crippen LogP contribution in [0.3, 0.4) is 0 Å². The molecule has 3 aromatic rings. The molecule has 1 aromatic carbocycles. The van der Waals surface area contributed by atoms with Crippen molar-refractivity contribution in [3.8, 4) is 5.75 Å². The van der Waals surface area contributed by atoms with Crippen LogP contribution in [0.5, 0.6) is 5.75 Å². The van der Waals surface area contributed by atoms with Crippen LogP contribution in [0.2, 0.25) is 5.02 Å². The molecule has 6 nitrogen and oxygen atoms in total. The fraction of sp³-hybridized carbons (Fsp3) is 0.300. The Kier molecular flexibility index (Phi) is 6.19. The molecule has 0 aliphatic carbocycles. The Morgan fingerprint density at radius 2 is 2.15 bits per heavy atom. The van der Waals surface area contributed by atoms with Gasteiger partial charge in [-0.15, -0.1) is 0 Å². The molecule has 142 valence electrons. The van der Waals surface area contributed by atoms with Crippen LogP contribution >= 0.6 is 11.6 Å². The number of nitrogens with zero attached hydrogens (tertiary/aromatic N) is 2. The molecule has 0 radical (unpaired) electrons. The SMILES string of the molecule is Cc1cnn(CCCNC(=O)c2ccc(COc3c(C)cccc3Cl)o2)c1. The van der Waals surface area contributed by atoms with Gasteiger partial charge in [-0.3, -0.25) is 9.48 Å². The van der Waals surface area contributed by atoms with Gasteiger partial charge in [0.1, 0.15) is 18.1 Å². The van der Waals surface area contributed by atoms with Crippen molar-refractivity contribution in [3.63, 3.8) is 0 Å². The molecule has 0 saturated heterocycles. The number of aromatic nitrogens is 2. The van der Waals surface area contributed by atoms with E-state index in [0.29, 0.717) is 23.1 Å². The summed E-state index contributed by atoms with van der Waals surface area (Å²) in [7, 11) is 0. The maximum absolute atomic E-state index is 12.2. The van der Waals surface area contributed by atoms with Crippen molar-refractivity contribution < 1.29 is 13.9 Å². The largest absolute Gasteiger partial charge is 0.484 e. The molecule has 0 bridgehead atoms. The van der Waals surface area contributed by atoms with Crippen LogP contribution in [0.1, 0.15) is 33.9 Å². The Bertz CT molecular complexity index is 897. The molecule has 2 heterocycles. The van der Waals surface area contributed by atoms with E-state index in [2.05, 4.69) is 10.4 Å². The van der Waals surface area contributed by atoms with E-state index in [0.717, 1.165) is 24.1 Å². The number of halogens is 1. The fourth-order valence-electron chi connectivity index (χ4n) is 2.64. The highest BCUT2D eigenvalue weighted by atomic mass is 35.5. The van der Waals surface area contributed by atoms with Crippen molar-refractivity contribution in [2.24, 2.45) is 0 Å². The second-order valence-electron chi connectivity index (χ2n) is 6.33. The van der Waals surface area contributed by atoms with Gasteiger partial charge in [-0.1, -0.05) is 23.7 Å². The number of carbonyl (C=O) groups excluding carboxylic acids is 1. The van der Waals surface area contributed by atoms with E-state index in [1.165, 1.54) is 0 Å². The Hall–Kier alpha value is -2.73. The van der Waals surface area contributed by atoms with Crippen molar-refractivity contribution in [2.45, 2.75) is 33.4 Å². The third-order valence-electron chi connectivity index (χ3n) is 4.02. The first-order valence-electron chi connectivity index (χ1n) is 8.77. The molecule has 0 aliphatic heterocycles. The summed E-state index contributed by atoms with van der Waals surface area (Å²) in [4.78, 5) is 12.2. The van der Waals surface area contributed by atoms with Gasteiger partial charge in [0, 0.05) is 19.3 Å². The minimum absolute atomic E-state index is 0.205. The number of hydrogen-bond acceptors (Lipinski definition) is 4. The summed E-state index contributed by atoms with van der Waals surface area (Å²) in [6.45, 7) is 5.42. The first-order chi connectivity index (χ1) is 13.0. The predicted molar refractivity (Wildman–Crippen MR) is 103 cm³/mol. The van der Waals surface area contributed by atoms with Crippen molar-refractivity contribution in [3.05, 3.63) is 70.4 Å². The lowest BCUT2D eigenvalue weighted by atomic mass is 10.2. The lowest BCUT2D eigenvalue weighted by Crippen LogP contribution is -2.24. The van der Waals surface area contributed by atoms with Crippen LogP contribution in [0.25, 0.3) is 0 Å². The van der Waals surface area contributed by atoms with Gasteiger partial charge in [-0.25, -0.2) is 0 Å². The fourth-order valence-corrected chi connectivity index (χ4v) is 2.92. The van der Waals surface area contributed by atoms with E-state index in [9.17, 15) is 4.79 Å². The average Bonchev–Trinajstić information content (AvgIpc) is 3.27. The van der Waals surface area contributed by atoms with Gasteiger partial charge in [-0.05, 0) is 49.6 Å². The Labute approximate surface area is 163 Å². The van der Waals surface area contributed by atoms with Crippen LogP contribution in [-0.4, -0.2) is 22.2 Å². The zero-order valence-corrected chi connectivity index (χ0v) is 16.1. The number of nitrogens with one attached hydrogen (secondary N) is 1. The molecule has 0 aliphatic rings. The summed E-state index contributed by atoms with van der Waals surface area (Å²) in [5.74, 6) is 1.20. The number of carbonyl (C=O) groups is 1. The number of furan rings is 1. The van der Waals surface area contributed by atoms with Crippen molar-refractivity contribution in [1.29, 1.82) is 0 Å². The molecule has 0 unspecified atom stereocenters. The van der Waals surface area contributed by atoms with Crippen LogP contribution in [0.4, 0.5) is 0 Å². The van der Waals surface area contributed by atoms with Gasteiger partial charge in [0.05, 0.1) is 11.2 Å². The number of amides is 1. The van der Waals surface area contributed by atoms with E-state index < -0.39 is 0 Å². The zero-order chi connectivity index (χ0) is 19.2. The molecule has 0 atom stereocenters. The first kappa shape index (κ1) is 19.0. The van der Waals surface area contributed by atoms with Crippen LogP contribution < -0.4 is 10.1 Å². The molecule has 0 saturated carbocycles. The van der Waals surface area contributed by atoms with Crippen molar-refractivity contribution in [2.75, 3.05) is 6.54 Å². The number of benzene rings is 1. The van der Waals surface area contributed by atoms with Gasteiger partial charge < -0.3 is 14.5 Å². The van der Waals surface area contributed by atoms with Crippen molar-refractivity contribution >= 4 is 17.5 Å². The van der Waals surface area contributed by atoms with Crippen molar-refractivity contribution in [1.82, 2.24) is 15.1 Å². The van der Waals surface area contributed by atoms with Gasteiger partial charge >= 0.3 is 0 Å². The second-order valence-corrected chi connectivity index (χ2v) is 6.74. The summed E-state index contributed by atoms with van der Waals surface area (Å²) in [6, 6.07) is 8.94. The molecule has 27 heavy (non-hydrogen) atoms. The Morgan fingerprint density at radius 1 is 1.30 bits per heavy atom. The standard InChI is InChI=1S/C20H22ClN3O3/c1-14-11-23-24(12-14)10-4-9-22-20(25)18-8-7-16(27-18)13-26-19-15(2)5-3-6-17(19)21/h3,5-8,11-12H,4,9-10,13H2,1-2H3,(H,22,25). The predicted octanol–water partition coefficient (Wildman–Crippen LogP) is 4.15. The van der Waals surface area contributed by atoms with Gasteiger partial charge in [0.25, 0.3) is 5.91 Å². The first-order valence-corrected chi connectivity index (χ1v) is 9.14. The smallest absolute Gasteiger partial charge is 0.286 e. The van der Waals surface area contributed by atoms with E-state index in [4.69, 9.17) is 20.8 Å². The number of para-hydroxylation sites is 1. The van der Waals surface area contributed by atoms with Crippen LogP contribution in [0.15, 0.2) is 47.1 Å². The minimum Gasteiger partial charge on any atom is -0.484 e. The molecule has 3 rings (SSSR count). The molecule has 1 amide bonds. The van der Waals surface area contributed by atoms with E-state index >= 15 is 0 Å². The topological polar surface area (TPSA) is 69.3 Å². The average molecular weight is 388 g/mol. The zero-order valence-electron chi connectivity index (χ0n) is 15.4. The number of aryl methyl sites for hydroxylation is 3. The number of ether oxygens (including phenoxy) is 1. The highest BCUT2D eigenvalue weighted by Crippen LogP contribution is 2.28. The second kappa shape index (κ2) is 8.77. The monoisotopic (exact) mass is 387 g/mol. The number of hydrogen-bond donors (Lipinski definition) is 1. The molecule has 7 heteroatoms. The van der Waals surface area contributed by atoms with E-state index in [1.807, 2.05) is 43.1 Å². The Morgan fingerprint density at radius 3 is 2.89 bits per heavy atom. The molecule has 2 aromatic heterocycles. The minimum atomic E-state index is -0.244. The molecule has 0 spiro atoms. The maximum Gasteiger partial charge on any atom is 0.286 e. The third kappa shape index (κ3) is 5.14. The quantitative estimate of drug-likeness (QED) is 0.589. The normalized spacial score (nSPS) is 10.8. The lowest BCUT2D eigenvalue weighted by Gasteiger charge is -2.09. The summed E-state index contributed by atoms with van der Waals surface area (Å²) >= 11 is 6.14. The summed E-state index contributed by atoms with van der Waals surface area (Å²) in [6.07, 6.45) is 4.58. The van der Waals surface area contributed by atoms with Crippen LogP contribution in [0, 0.1) is 13.8 Å². The van der Waals surface area contributed by atoms with Gasteiger partial charge in [0.15, 0.2) is 5.76 Å². The van der Waals surface area contributed by atoms with Gasteiger partial charge in [-0.2, -0.15) is 5.10 Å². The summed E-state index contributed by atoms with van der Waals surface area (Å²) in [5, 5.41) is 7.61. The van der Waals surface area contributed by atoms with E-state index in [1.54, 1.807) is 18.2 Å². The van der Waals surface area contributed by atoms with E-state index in [-0.39, 0.29) is 18.3 Å².